The van der Waals surface area contributed by atoms with Crippen LogP contribution in [0.3, 0.4) is 0 Å². The van der Waals surface area contributed by atoms with Gasteiger partial charge in [-0.05, 0) is 81.7 Å². The van der Waals surface area contributed by atoms with Crippen molar-refractivity contribution in [3.8, 4) is 11.5 Å². The largest absolute Gasteiger partial charge is 0.493 e. The third-order valence-electron chi connectivity index (χ3n) is 4.72. The number of halogens is 3. The number of ether oxygens (including phenoxy) is 2. The van der Waals surface area contributed by atoms with Gasteiger partial charge in [0.15, 0.2) is 15.8 Å². The van der Waals surface area contributed by atoms with Crippen LogP contribution in [0.1, 0.15) is 11.1 Å². The molecule has 0 atom stereocenters. The van der Waals surface area contributed by atoms with Gasteiger partial charge in [0, 0.05) is 9.50 Å². The predicted molar refractivity (Wildman–Crippen MR) is 146 cm³/mol. The minimum atomic E-state index is -0.182. The topological polar surface area (TPSA) is 38.8 Å². The van der Waals surface area contributed by atoms with E-state index >= 15 is 0 Å². The number of carbonyl (C=O) groups is 1. The number of benzene rings is 3. The molecule has 0 N–H and O–H groups in total. The Kier molecular flexibility index (Phi) is 7.81. The molecule has 4 rings (SSSR count). The maximum absolute atomic E-state index is 13.0. The van der Waals surface area contributed by atoms with E-state index in [1.54, 1.807) is 37.5 Å². The van der Waals surface area contributed by atoms with Crippen molar-refractivity contribution in [2.45, 2.75) is 6.61 Å². The number of hydrogen-bond donors (Lipinski definition) is 0. The maximum Gasteiger partial charge on any atom is 0.270 e. The summed E-state index contributed by atoms with van der Waals surface area (Å²) in [5.74, 6) is 0.963. The minimum absolute atomic E-state index is 0.182. The summed E-state index contributed by atoms with van der Waals surface area (Å²) < 4.78 is 13.8. The van der Waals surface area contributed by atoms with Crippen molar-refractivity contribution in [1.29, 1.82) is 0 Å². The van der Waals surface area contributed by atoms with E-state index in [-0.39, 0.29) is 5.91 Å². The second-order valence-electron chi connectivity index (χ2n) is 6.94. The van der Waals surface area contributed by atoms with Crippen LogP contribution in [0.5, 0.6) is 11.5 Å². The number of hydrogen-bond acceptors (Lipinski definition) is 5. The van der Waals surface area contributed by atoms with Crippen LogP contribution in [0.25, 0.3) is 6.08 Å². The first-order valence-corrected chi connectivity index (χ1v) is 12.8. The molecule has 1 saturated heterocycles. The van der Waals surface area contributed by atoms with Gasteiger partial charge in [-0.25, -0.2) is 0 Å². The smallest absolute Gasteiger partial charge is 0.270 e. The summed E-state index contributed by atoms with van der Waals surface area (Å²) in [5.41, 5.74) is 2.49. The number of nitrogens with zero attached hydrogens (tertiary/aromatic N) is 1. The van der Waals surface area contributed by atoms with Gasteiger partial charge in [-0.2, -0.15) is 0 Å². The van der Waals surface area contributed by atoms with E-state index in [1.807, 2.05) is 36.4 Å². The first-order chi connectivity index (χ1) is 15.9. The molecule has 1 fully saturated rings. The third-order valence-corrected chi connectivity index (χ3v) is 7.40. The molecule has 4 nitrogen and oxygen atoms in total. The number of amides is 1. The fraction of sp³-hybridized carbons (Fsp3) is 0.0833. The van der Waals surface area contributed by atoms with Crippen LogP contribution in [0.4, 0.5) is 5.69 Å². The Morgan fingerprint density at radius 3 is 2.45 bits per heavy atom. The number of methoxy groups -OCH3 is 1. The van der Waals surface area contributed by atoms with E-state index in [2.05, 4.69) is 31.9 Å². The Hall–Kier alpha value is -1.84. The van der Waals surface area contributed by atoms with Gasteiger partial charge in [0.1, 0.15) is 6.61 Å². The van der Waals surface area contributed by atoms with Crippen LogP contribution in [0, 0.1) is 0 Å². The number of thioether (sulfide) groups is 1. The Balaban J connectivity index is 1.57. The van der Waals surface area contributed by atoms with Crippen LogP contribution in [0.2, 0.25) is 5.02 Å². The molecule has 0 spiro atoms. The van der Waals surface area contributed by atoms with Crippen molar-refractivity contribution in [3.63, 3.8) is 0 Å². The summed E-state index contributed by atoms with van der Waals surface area (Å²) in [5, 5.41) is 0.596. The highest BCUT2D eigenvalue weighted by Crippen LogP contribution is 2.40. The van der Waals surface area contributed by atoms with Gasteiger partial charge in [0.25, 0.3) is 5.91 Å². The van der Waals surface area contributed by atoms with Crippen molar-refractivity contribution in [3.05, 3.63) is 90.7 Å². The molecule has 1 amide bonds. The van der Waals surface area contributed by atoms with Crippen molar-refractivity contribution < 1.29 is 14.3 Å². The minimum Gasteiger partial charge on any atom is -0.493 e. The molecule has 3 aromatic rings. The lowest BCUT2D eigenvalue weighted by Gasteiger charge is -2.14. The Morgan fingerprint density at radius 2 is 1.79 bits per heavy atom. The van der Waals surface area contributed by atoms with E-state index in [4.69, 9.17) is 33.3 Å². The summed E-state index contributed by atoms with van der Waals surface area (Å²) in [7, 11) is 1.58. The lowest BCUT2D eigenvalue weighted by molar-refractivity contribution is -0.113. The predicted octanol–water partition coefficient (Wildman–Crippen LogP) is 7.86. The zero-order valence-corrected chi connectivity index (χ0v) is 22.7. The average molecular weight is 626 g/mol. The first kappa shape index (κ1) is 24.3. The fourth-order valence-corrected chi connectivity index (χ4v) is 5.39. The van der Waals surface area contributed by atoms with Gasteiger partial charge < -0.3 is 9.47 Å². The lowest BCUT2D eigenvalue weighted by atomic mass is 10.1. The average Bonchev–Trinajstić information content (AvgIpc) is 3.07. The normalized spacial score (nSPS) is 14.8. The molecule has 168 valence electrons. The number of thiocarbonyl (C=S) groups is 1. The van der Waals surface area contributed by atoms with Crippen molar-refractivity contribution in [1.82, 2.24) is 0 Å². The van der Waals surface area contributed by atoms with E-state index in [9.17, 15) is 4.79 Å². The zero-order chi connectivity index (χ0) is 23.5. The second-order valence-corrected chi connectivity index (χ2v) is 10.8. The van der Waals surface area contributed by atoms with E-state index in [0.29, 0.717) is 38.0 Å². The highest BCUT2D eigenvalue weighted by molar-refractivity contribution is 9.10. The van der Waals surface area contributed by atoms with Crippen LogP contribution >= 0.6 is 67.4 Å². The van der Waals surface area contributed by atoms with Crippen LogP contribution < -0.4 is 14.4 Å². The quantitative estimate of drug-likeness (QED) is 0.206. The maximum atomic E-state index is 13.0. The third kappa shape index (κ3) is 5.63. The van der Waals surface area contributed by atoms with Crippen molar-refractivity contribution in [2.75, 3.05) is 12.0 Å². The molecule has 0 bridgehead atoms. The molecule has 1 aliphatic rings. The van der Waals surface area contributed by atoms with Crippen LogP contribution in [-0.2, 0) is 11.4 Å². The van der Waals surface area contributed by atoms with E-state index < -0.39 is 0 Å². The van der Waals surface area contributed by atoms with Crippen LogP contribution in [0.15, 0.2) is 74.5 Å². The van der Waals surface area contributed by atoms with Gasteiger partial charge in [-0.15, -0.1) is 0 Å². The van der Waals surface area contributed by atoms with Crippen molar-refractivity contribution >= 4 is 89.4 Å². The molecule has 0 unspecified atom stereocenters. The van der Waals surface area contributed by atoms with Crippen molar-refractivity contribution in [2.24, 2.45) is 0 Å². The highest BCUT2D eigenvalue weighted by atomic mass is 79.9. The van der Waals surface area contributed by atoms with Crippen LogP contribution in [-0.4, -0.2) is 17.3 Å². The molecular weight excluding hydrogens is 610 g/mol. The fourth-order valence-electron chi connectivity index (χ4n) is 3.13. The lowest BCUT2D eigenvalue weighted by Crippen LogP contribution is -2.27. The second kappa shape index (κ2) is 10.6. The zero-order valence-electron chi connectivity index (χ0n) is 17.2. The summed E-state index contributed by atoms with van der Waals surface area (Å²) >= 11 is 19.7. The van der Waals surface area contributed by atoms with Gasteiger partial charge in [0.2, 0.25) is 0 Å². The molecule has 1 heterocycles. The molecule has 0 aliphatic carbocycles. The molecular formula is C24H16Br2ClNO3S2. The standard InChI is InChI=1S/C24H16Br2ClNO3S2/c1-30-20-11-15(10-19(26)22(20)31-13-14-2-4-16(25)5-3-14)12-21-23(29)28(24(32)33-21)18-8-6-17(27)7-9-18/h2-12H,13H2,1H3/b21-12-. The summed E-state index contributed by atoms with van der Waals surface area (Å²) in [4.78, 5) is 15.1. The summed E-state index contributed by atoms with van der Waals surface area (Å²) in [6.07, 6.45) is 1.79. The molecule has 0 saturated carbocycles. The molecule has 9 heteroatoms. The molecule has 33 heavy (non-hydrogen) atoms. The van der Waals surface area contributed by atoms with Gasteiger partial charge in [-0.1, -0.05) is 63.6 Å². The highest BCUT2D eigenvalue weighted by Gasteiger charge is 2.33. The molecule has 0 radical (unpaired) electrons. The Bertz CT molecular complexity index is 1250. The van der Waals surface area contributed by atoms with E-state index in [0.717, 1.165) is 20.1 Å². The Morgan fingerprint density at radius 1 is 1.09 bits per heavy atom. The number of anilines is 1. The summed E-state index contributed by atoms with van der Waals surface area (Å²) in [6, 6.07) is 18.6. The molecule has 3 aromatic carbocycles. The Labute approximate surface area is 223 Å². The first-order valence-electron chi connectivity index (χ1n) is 9.64. The number of rotatable bonds is 6. The summed E-state index contributed by atoms with van der Waals surface area (Å²) in [6.45, 7) is 0.390. The molecule has 0 aromatic heterocycles. The van der Waals surface area contributed by atoms with E-state index in [1.165, 1.54) is 16.7 Å². The van der Waals surface area contributed by atoms with Gasteiger partial charge in [0.05, 0.1) is 22.2 Å². The number of carbonyl (C=O) groups excluding carboxylic acids is 1. The van der Waals surface area contributed by atoms with Gasteiger partial charge >= 0.3 is 0 Å². The van der Waals surface area contributed by atoms with Gasteiger partial charge in [-0.3, -0.25) is 9.69 Å². The molecule has 1 aliphatic heterocycles. The monoisotopic (exact) mass is 623 g/mol. The SMILES string of the molecule is COc1cc(/C=C2\SC(=S)N(c3ccc(Cl)cc3)C2=O)cc(Br)c1OCc1ccc(Br)cc1.